The van der Waals surface area contributed by atoms with Gasteiger partial charge in [-0.05, 0) is 35.4 Å². The zero-order valence-electron chi connectivity index (χ0n) is 18.4. The average Bonchev–Trinajstić information content (AvgIpc) is 3.09. The molecule has 1 unspecified atom stereocenters. The Hall–Kier alpha value is -2.61. The van der Waals surface area contributed by atoms with Crippen LogP contribution in [-0.4, -0.2) is 68.4 Å². The fraction of sp³-hybridized carbons (Fsp3) is 0.417. The van der Waals surface area contributed by atoms with E-state index in [1.807, 2.05) is 24.3 Å². The number of Topliss-reactive ketones (excluding diaryl/α,β-unsaturated/α-hetero) is 1. The summed E-state index contributed by atoms with van der Waals surface area (Å²) in [6.45, 7) is 4.65. The lowest BCUT2D eigenvalue weighted by molar-refractivity contribution is -0.123. The van der Waals surface area contributed by atoms with Gasteiger partial charge in [-0.3, -0.25) is 19.4 Å². The van der Waals surface area contributed by atoms with E-state index in [9.17, 15) is 9.59 Å². The Morgan fingerprint density at radius 1 is 1.03 bits per heavy atom. The molecule has 0 aromatic heterocycles. The molecule has 1 heterocycles. The van der Waals surface area contributed by atoms with E-state index in [2.05, 4.69) is 15.1 Å². The van der Waals surface area contributed by atoms with E-state index in [1.54, 1.807) is 19.2 Å². The zero-order chi connectivity index (χ0) is 22.7. The van der Waals surface area contributed by atoms with E-state index in [0.717, 1.165) is 43.3 Å². The molecule has 1 aliphatic carbocycles. The van der Waals surface area contributed by atoms with Crippen molar-refractivity contribution in [3.05, 3.63) is 58.1 Å². The van der Waals surface area contributed by atoms with E-state index in [-0.39, 0.29) is 24.2 Å². The molecule has 0 saturated carbocycles. The van der Waals surface area contributed by atoms with Crippen LogP contribution in [0.2, 0.25) is 5.02 Å². The minimum Gasteiger partial charge on any atom is -0.493 e. The van der Waals surface area contributed by atoms with Gasteiger partial charge in [-0.15, -0.1) is 0 Å². The molecule has 7 nitrogen and oxygen atoms in total. The summed E-state index contributed by atoms with van der Waals surface area (Å²) in [5.74, 6) is 0.999. The van der Waals surface area contributed by atoms with Gasteiger partial charge in [0.1, 0.15) is 0 Å². The molecular weight excluding hydrogens is 430 g/mol. The molecule has 170 valence electrons. The summed E-state index contributed by atoms with van der Waals surface area (Å²) in [6.07, 6.45) is 0.256. The van der Waals surface area contributed by atoms with Gasteiger partial charge in [0.05, 0.1) is 26.8 Å². The number of fused-ring (bicyclic) bond motifs is 1. The quantitative estimate of drug-likeness (QED) is 0.689. The van der Waals surface area contributed by atoms with Gasteiger partial charge in [0, 0.05) is 49.7 Å². The van der Waals surface area contributed by atoms with Gasteiger partial charge in [0.15, 0.2) is 17.3 Å². The van der Waals surface area contributed by atoms with E-state index in [0.29, 0.717) is 23.6 Å². The van der Waals surface area contributed by atoms with Gasteiger partial charge in [-0.1, -0.05) is 23.7 Å². The van der Waals surface area contributed by atoms with Crippen LogP contribution >= 0.6 is 11.6 Å². The average molecular weight is 458 g/mol. The van der Waals surface area contributed by atoms with E-state index < -0.39 is 0 Å². The van der Waals surface area contributed by atoms with Gasteiger partial charge in [0.25, 0.3) is 0 Å². The predicted octanol–water partition coefficient (Wildman–Crippen LogP) is 2.92. The second-order valence-electron chi connectivity index (χ2n) is 8.22. The van der Waals surface area contributed by atoms with Crippen LogP contribution in [0.1, 0.15) is 33.9 Å². The molecule has 1 fully saturated rings. The molecule has 2 aliphatic rings. The summed E-state index contributed by atoms with van der Waals surface area (Å²) in [6, 6.07) is 11.1. The molecule has 8 heteroatoms. The van der Waals surface area contributed by atoms with Gasteiger partial charge >= 0.3 is 0 Å². The number of nitrogens with one attached hydrogen (secondary N) is 1. The molecule has 4 rings (SSSR count). The minimum atomic E-state index is -0.337. The first-order valence-corrected chi connectivity index (χ1v) is 11.1. The van der Waals surface area contributed by atoms with Crippen LogP contribution in [0.4, 0.5) is 0 Å². The highest BCUT2D eigenvalue weighted by molar-refractivity contribution is 6.30. The number of amides is 1. The Morgan fingerprint density at radius 3 is 2.31 bits per heavy atom. The topological polar surface area (TPSA) is 71.1 Å². The summed E-state index contributed by atoms with van der Waals surface area (Å²) < 4.78 is 10.7. The molecule has 0 spiro atoms. The minimum absolute atomic E-state index is 0.00191. The number of ether oxygens (including phenoxy) is 2. The number of nitrogens with zero attached hydrogens (tertiary/aromatic N) is 2. The molecule has 1 atom stereocenters. The molecule has 1 saturated heterocycles. The fourth-order valence-electron chi connectivity index (χ4n) is 4.36. The number of benzene rings is 2. The molecule has 0 bridgehead atoms. The third-order valence-corrected chi connectivity index (χ3v) is 6.36. The largest absolute Gasteiger partial charge is 0.493 e. The summed E-state index contributed by atoms with van der Waals surface area (Å²) in [5.41, 5.74) is 2.61. The van der Waals surface area contributed by atoms with Crippen LogP contribution < -0.4 is 14.8 Å². The van der Waals surface area contributed by atoms with Crippen molar-refractivity contribution in [1.82, 2.24) is 15.1 Å². The predicted molar refractivity (Wildman–Crippen MR) is 123 cm³/mol. The monoisotopic (exact) mass is 457 g/mol. The molecule has 1 N–H and O–H groups in total. The van der Waals surface area contributed by atoms with Crippen LogP contribution in [0.25, 0.3) is 0 Å². The number of piperazine rings is 1. The Morgan fingerprint density at radius 2 is 1.66 bits per heavy atom. The molecule has 2 aromatic carbocycles. The molecule has 0 radical (unpaired) electrons. The Bertz CT molecular complexity index is 987. The molecule has 1 amide bonds. The second kappa shape index (κ2) is 9.90. The lowest BCUT2D eigenvalue weighted by Crippen LogP contribution is -2.49. The normalized spacial score (nSPS) is 19.0. The standard InChI is InChI=1S/C24H28ClN3O4/c1-31-22-11-18-19(12-23(22)32-2)21(29)13-20(18)26-24(30)15-28-9-7-27(8-10-28)14-16-3-5-17(25)6-4-16/h3-6,11-12,20H,7-10,13-15H2,1-2H3,(H,26,30). The van der Waals surface area contributed by atoms with Gasteiger partial charge < -0.3 is 14.8 Å². The molecule has 32 heavy (non-hydrogen) atoms. The maximum atomic E-state index is 12.7. The number of carbonyl (C=O) groups excluding carboxylic acids is 2. The van der Waals surface area contributed by atoms with E-state index in [4.69, 9.17) is 21.1 Å². The van der Waals surface area contributed by atoms with E-state index in [1.165, 1.54) is 12.7 Å². The lowest BCUT2D eigenvalue weighted by Gasteiger charge is -2.34. The molecule has 2 aromatic rings. The third kappa shape index (κ3) is 5.06. The number of methoxy groups -OCH3 is 2. The highest BCUT2D eigenvalue weighted by Crippen LogP contribution is 2.39. The number of carbonyl (C=O) groups is 2. The number of rotatable bonds is 7. The van der Waals surface area contributed by atoms with Crippen molar-refractivity contribution >= 4 is 23.3 Å². The highest BCUT2D eigenvalue weighted by Gasteiger charge is 2.32. The van der Waals surface area contributed by atoms with Crippen molar-refractivity contribution in [2.75, 3.05) is 46.9 Å². The van der Waals surface area contributed by atoms with Crippen LogP contribution in [-0.2, 0) is 11.3 Å². The van der Waals surface area contributed by atoms with Crippen molar-refractivity contribution in [2.24, 2.45) is 0 Å². The van der Waals surface area contributed by atoms with Crippen LogP contribution in [0, 0.1) is 0 Å². The van der Waals surface area contributed by atoms with Crippen LogP contribution in [0.15, 0.2) is 36.4 Å². The summed E-state index contributed by atoms with van der Waals surface area (Å²) in [4.78, 5) is 29.7. The SMILES string of the molecule is COc1cc2c(cc1OC)C(NC(=O)CN1CCN(Cc3ccc(Cl)cc3)CC1)CC2=O. The highest BCUT2D eigenvalue weighted by atomic mass is 35.5. The second-order valence-corrected chi connectivity index (χ2v) is 8.66. The third-order valence-electron chi connectivity index (χ3n) is 6.11. The number of hydrogen-bond donors (Lipinski definition) is 1. The Kier molecular flexibility index (Phi) is 6.98. The van der Waals surface area contributed by atoms with Crippen LogP contribution in [0.3, 0.4) is 0 Å². The maximum absolute atomic E-state index is 12.7. The lowest BCUT2D eigenvalue weighted by atomic mass is 10.1. The van der Waals surface area contributed by atoms with Crippen LogP contribution in [0.5, 0.6) is 11.5 Å². The number of hydrogen-bond acceptors (Lipinski definition) is 6. The Labute approximate surface area is 193 Å². The Balaban J connectivity index is 1.30. The maximum Gasteiger partial charge on any atom is 0.234 e. The van der Waals surface area contributed by atoms with Crippen molar-refractivity contribution in [3.8, 4) is 11.5 Å². The van der Waals surface area contributed by atoms with Crippen molar-refractivity contribution < 1.29 is 19.1 Å². The molecule has 1 aliphatic heterocycles. The van der Waals surface area contributed by atoms with Gasteiger partial charge in [-0.2, -0.15) is 0 Å². The van der Waals surface area contributed by atoms with Gasteiger partial charge in [0.2, 0.25) is 5.91 Å². The first kappa shape index (κ1) is 22.6. The van der Waals surface area contributed by atoms with Crippen molar-refractivity contribution in [2.45, 2.75) is 19.0 Å². The number of halogens is 1. The van der Waals surface area contributed by atoms with Crippen molar-refractivity contribution in [3.63, 3.8) is 0 Å². The number of ketones is 1. The summed E-state index contributed by atoms with van der Waals surface area (Å²) in [7, 11) is 3.10. The first-order chi connectivity index (χ1) is 15.5. The van der Waals surface area contributed by atoms with Crippen molar-refractivity contribution in [1.29, 1.82) is 0 Å². The summed E-state index contributed by atoms with van der Waals surface area (Å²) >= 11 is 5.96. The smallest absolute Gasteiger partial charge is 0.234 e. The zero-order valence-corrected chi connectivity index (χ0v) is 19.2. The first-order valence-electron chi connectivity index (χ1n) is 10.7. The van der Waals surface area contributed by atoms with E-state index >= 15 is 0 Å². The summed E-state index contributed by atoms with van der Waals surface area (Å²) in [5, 5.41) is 3.78. The molecular formula is C24H28ClN3O4. The fourth-order valence-corrected chi connectivity index (χ4v) is 4.48. The van der Waals surface area contributed by atoms with Gasteiger partial charge in [-0.25, -0.2) is 0 Å².